The molecule has 4 fully saturated rings. The van der Waals surface area contributed by atoms with Crippen molar-refractivity contribution in [3.63, 3.8) is 0 Å². The van der Waals surface area contributed by atoms with Crippen molar-refractivity contribution in [2.45, 2.75) is 130 Å². The fraction of sp³-hybridized carbons (Fsp3) is 0.538. The van der Waals surface area contributed by atoms with Gasteiger partial charge in [0.05, 0.1) is 0 Å². The van der Waals surface area contributed by atoms with Gasteiger partial charge in [0.15, 0.2) is 0 Å². The zero-order valence-corrected chi connectivity index (χ0v) is 41.7. The van der Waals surface area contributed by atoms with Gasteiger partial charge in [-0.25, -0.2) is 0 Å². The van der Waals surface area contributed by atoms with Crippen LogP contribution >= 0.6 is 0 Å². The Kier molecular flexibility index (Phi) is 43.5. The summed E-state index contributed by atoms with van der Waals surface area (Å²) < 4.78 is 19.8. The van der Waals surface area contributed by atoms with E-state index in [1.165, 1.54) is 51.4 Å². The number of phenolic OH excluding ortho intramolecular Hbond substituents is 4. The molecular weight excluding hydrogens is 825 g/mol. The normalized spacial score (nSPS) is 14.2. The molecule has 0 atom stereocenters. The molecule has 4 aromatic carbocycles. The molecule has 4 heterocycles. The van der Waals surface area contributed by atoms with Crippen LogP contribution in [0.25, 0.3) is 0 Å². The van der Waals surface area contributed by atoms with E-state index in [1.807, 2.05) is 72.8 Å². The molecule has 0 spiro atoms. The third-order valence-corrected chi connectivity index (χ3v) is 9.54. The molecule has 63 heavy (non-hydrogen) atoms. The molecule has 0 bridgehead atoms. The average molecular weight is 906 g/mol. The van der Waals surface area contributed by atoms with Crippen molar-refractivity contribution in [2.75, 3.05) is 52.9 Å². The second-order valence-electron chi connectivity index (χ2n) is 16.1. The summed E-state index contributed by atoms with van der Waals surface area (Å²) in [6.45, 7) is 24.5. The average Bonchev–Trinajstić information content (AvgIpc) is 4.10. The number of benzene rings is 4. The van der Waals surface area contributed by atoms with E-state index < -0.39 is 0 Å². The summed E-state index contributed by atoms with van der Waals surface area (Å²) >= 11 is 0. The van der Waals surface area contributed by atoms with Gasteiger partial charge in [-0.15, -0.1) is 0 Å². The van der Waals surface area contributed by atoms with Crippen LogP contribution in [0.1, 0.15) is 153 Å². The number of ether oxygens (including phenoxy) is 4. The molecule has 347 valence electrons. The standard InChI is InChI=1S/4C9H12O.4C4H8O.Co.2Li/c4*1-7(2)8-5-3-4-6-9(8)10;4*1-2-4-5-3-1;;;/h4*3-7,10H,1-2H3;4*1-4H2;;;. The molecule has 0 amide bonds. The number of rotatable bonds is 4. The van der Waals surface area contributed by atoms with Gasteiger partial charge in [-0.3, -0.25) is 0 Å². The summed E-state index contributed by atoms with van der Waals surface area (Å²) in [7, 11) is 0. The number of para-hydroxylation sites is 4. The molecule has 8 rings (SSSR count). The Balaban J connectivity index is -0.000000660. The number of phenols is 4. The maximum Gasteiger partial charge on any atom is 0.119 e. The molecular formula is C52H80CoLi2O8. The van der Waals surface area contributed by atoms with E-state index in [1.54, 1.807) is 24.3 Å². The molecule has 4 aliphatic rings. The Bertz CT molecular complexity index is 1340. The first-order valence-corrected chi connectivity index (χ1v) is 22.3. The van der Waals surface area contributed by atoms with Gasteiger partial charge in [0.2, 0.25) is 0 Å². The van der Waals surface area contributed by atoms with Crippen LogP contribution < -0.4 is 0 Å². The molecule has 0 aromatic heterocycles. The van der Waals surface area contributed by atoms with Crippen molar-refractivity contribution in [3.8, 4) is 23.0 Å². The van der Waals surface area contributed by atoms with E-state index in [4.69, 9.17) is 18.9 Å². The molecule has 0 aliphatic carbocycles. The van der Waals surface area contributed by atoms with Gasteiger partial charge >= 0.3 is 0 Å². The van der Waals surface area contributed by atoms with Crippen LogP contribution in [-0.2, 0) is 35.7 Å². The van der Waals surface area contributed by atoms with Gasteiger partial charge in [-0.2, -0.15) is 0 Å². The fourth-order valence-corrected chi connectivity index (χ4v) is 5.94. The van der Waals surface area contributed by atoms with Crippen LogP contribution in [0, 0.1) is 0 Å². The first-order valence-electron chi connectivity index (χ1n) is 22.3. The molecule has 0 saturated carbocycles. The molecule has 4 aromatic rings. The topological polar surface area (TPSA) is 118 Å². The molecule has 3 radical (unpaired) electrons. The van der Waals surface area contributed by atoms with Gasteiger partial charge in [0.25, 0.3) is 0 Å². The van der Waals surface area contributed by atoms with Crippen molar-refractivity contribution in [2.24, 2.45) is 0 Å². The Labute approximate surface area is 416 Å². The Morgan fingerprint density at radius 1 is 0.302 bits per heavy atom. The minimum Gasteiger partial charge on any atom is -0.508 e. The fourth-order valence-electron chi connectivity index (χ4n) is 5.94. The molecule has 8 nitrogen and oxygen atoms in total. The third-order valence-electron chi connectivity index (χ3n) is 9.54. The van der Waals surface area contributed by atoms with Gasteiger partial charge in [0, 0.05) is 107 Å². The summed E-state index contributed by atoms with van der Waals surface area (Å²) in [4.78, 5) is 0. The first kappa shape index (κ1) is 64.9. The number of aromatic hydroxyl groups is 4. The van der Waals surface area contributed by atoms with Crippen molar-refractivity contribution in [3.05, 3.63) is 119 Å². The summed E-state index contributed by atoms with van der Waals surface area (Å²) in [6, 6.07) is 29.7. The van der Waals surface area contributed by atoms with Crippen LogP contribution in [-0.4, -0.2) is 111 Å². The van der Waals surface area contributed by atoms with E-state index in [9.17, 15) is 20.4 Å². The second kappa shape index (κ2) is 42.3. The summed E-state index contributed by atoms with van der Waals surface area (Å²) in [5.74, 6) is 3.22. The minimum absolute atomic E-state index is 0. The maximum atomic E-state index is 9.28. The predicted octanol–water partition coefficient (Wildman–Crippen LogP) is 12.5. The van der Waals surface area contributed by atoms with Gasteiger partial charge in [0.1, 0.15) is 23.0 Å². The molecule has 0 unspecified atom stereocenters. The van der Waals surface area contributed by atoms with Gasteiger partial charge in [-0.1, -0.05) is 128 Å². The smallest absolute Gasteiger partial charge is 0.119 e. The third kappa shape index (κ3) is 32.9. The summed E-state index contributed by atoms with van der Waals surface area (Å²) in [5, 5.41) is 37.1. The molecule has 11 heteroatoms. The summed E-state index contributed by atoms with van der Waals surface area (Å²) in [5.41, 5.74) is 4.06. The van der Waals surface area contributed by atoms with Crippen LogP contribution in [0.4, 0.5) is 0 Å². The van der Waals surface area contributed by atoms with E-state index in [-0.39, 0.29) is 54.5 Å². The van der Waals surface area contributed by atoms with Crippen LogP contribution in [0.3, 0.4) is 0 Å². The van der Waals surface area contributed by atoms with Gasteiger partial charge in [-0.05, 0) is 122 Å². The molecule has 4 aliphatic heterocycles. The zero-order valence-electron chi connectivity index (χ0n) is 40.6. The van der Waals surface area contributed by atoms with Crippen molar-refractivity contribution in [1.82, 2.24) is 0 Å². The van der Waals surface area contributed by atoms with E-state index >= 15 is 0 Å². The molecule has 4 N–H and O–H groups in total. The first-order chi connectivity index (χ1) is 28.9. The van der Waals surface area contributed by atoms with E-state index in [0.29, 0.717) is 46.7 Å². The van der Waals surface area contributed by atoms with Crippen LogP contribution in [0.15, 0.2) is 97.1 Å². The van der Waals surface area contributed by atoms with Crippen molar-refractivity contribution >= 4 is 37.7 Å². The minimum atomic E-state index is 0. The summed E-state index contributed by atoms with van der Waals surface area (Å²) in [6.07, 6.45) is 10.2. The quantitative estimate of drug-likeness (QED) is 0.150. The van der Waals surface area contributed by atoms with E-state index in [0.717, 1.165) is 75.1 Å². The number of hydrogen-bond acceptors (Lipinski definition) is 8. The van der Waals surface area contributed by atoms with Crippen molar-refractivity contribution in [1.29, 1.82) is 0 Å². The van der Waals surface area contributed by atoms with Crippen molar-refractivity contribution < 1.29 is 56.2 Å². The van der Waals surface area contributed by atoms with Gasteiger partial charge < -0.3 is 39.4 Å². The van der Waals surface area contributed by atoms with Crippen LogP contribution in [0.2, 0.25) is 0 Å². The van der Waals surface area contributed by atoms with Crippen LogP contribution in [0.5, 0.6) is 23.0 Å². The SMILES string of the molecule is C1CCOC1.C1CCOC1.C1CCOC1.C1CCOC1.CC(C)c1ccccc1O.CC(C)c1ccccc1O.CC(C)c1ccccc1O.CC(C)c1ccccc1O.[Co].[Li].[Li]. The number of hydrogen-bond donors (Lipinski definition) is 4. The zero-order chi connectivity index (χ0) is 44.4. The Morgan fingerprint density at radius 2 is 0.444 bits per heavy atom. The Hall–Kier alpha value is -2.38. The largest absolute Gasteiger partial charge is 0.508 e. The maximum absolute atomic E-state index is 9.28. The Morgan fingerprint density at radius 3 is 0.524 bits per heavy atom. The molecule has 4 saturated heterocycles. The predicted molar refractivity (Wildman–Crippen MR) is 261 cm³/mol. The second-order valence-corrected chi connectivity index (χ2v) is 16.1. The van der Waals surface area contributed by atoms with E-state index in [2.05, 4.69) is 55.4 Å². The monoisotopic (exact) mass is 906 g/mol.